The highest BCUT2D eigenvalue weighted by atomic mass is 19.3. The summed E-state index contributed by atoms with van der Waals surface area (Å²) in [4.78, 5) is 11.0. The lowest BCUT2D eigenvalue weighted by Gasteiger charge is -2.07. The van der Waals surface area contributed by atoms with Crippen molar-refractivity contribution in [3.8, 4) is 0 Å². The molecule has 2 nitrogen and oxygen atoms in total. The number of hydrogen-bond donors (Lipinski definition) is 0. The Bertz CT molecular complexity index is 126. The first-order valence-electron chi connectivity index (χ1n) is 2.71. The number of nitrogens with zero attached hydrogens (tertiary/aromatic N) is 1. The molecule has 0 spiro atoms. The number of halogens is 2. The zero-order valence-corrected chi connectivity index (χ0v) is 4.81. The van der Waals surface area contributed by atoms with Crippen molar-refractivity contribution >= 4 is 6.41 Å². The van der Waals surface area contributed by atoms with E-state index in [1.165, 1.54) is 0 Å². The molecule has 52 valence electrons. The van der Waals surface area contributed by atoms with Crippen LogP contribution in [0.25, 0.3) is 0 Å². The third kappa shape index (κ3) is 1.37. The highest BCUT2D eigenvalue weighted by molar-refractivity contribution is 5.47. The highest BCUT2D eigenvalue weighted by Gasteiger charge is 2.37. The fourth-order valence-corrected chi connectivity index (χ4v) is 0.852. The maximum Gasteiger partial charge on any atom is 0.267 e. The van der Waals surface area contributed by atoms with Crippen LogP contribution < -0.4 is 0 Å². The van der Waals surface area contributed by atoms with Crippen LogP contribution in [0.4, 0.5) is 8.78 Å². The first kappa shape index (κ1) is 6.45. The molecule has 1 saturated heterocycles. The van der Waals surface area contributed by atoms with E-state index in [0.717, 1.165) is 4.90 Å². The Morgan fingerprint density at radius 1 is 1.56 bits per heavy atom. The van der Waals surface area contributed by atoms with E-state index in [0.29, 0.717) is 6.41 Å². The van der Waals surface area contributed by atoms with E-state index in [4.69, 9.17) is 0 Å². The van der Waals surface area contributed by atoms with Gasteiger partial charge in [-0.15, -0.1) is 0 Å². The molecule has 0 bridgehead atoms. The molecule has 0 atom stereocenters. The molecule has 9 heavy (non-hydrogen) atoms. The number of carbonyl (C=O) groups excluding carboxylic acids is 1. The largest absolute Gasteiger partial charge is 0.339 e. The summed E-state index contributed by atoms with van der Waals surface area (Å²) in [5.74, 6) is -2.64. The molecule has 0 aromatic heterocycles. The van der Waals surface area contributed by atoms with Crippen LogP contribution in [0, 0.1) is 0 Å². The second-order valence-electron chi connectivity index (χ2n) is 2.18. The zero-order chi connectivity index (χ0) is 6.91. The van der Waals surface area contributed by atoms with Gasteiger partial charge < -0.3 is 4.90 Å². The minimum absolute atomic E-state index is 0.189. The summed E-state index contributed by atoms with van der Waals surface area (Å²) < 4.78 is 24.4. The Labute approximate surface area is 51.4 Å². The van der Waals surface area contributed by atoms with Crippen LogP contribution in [-0.2, 0) is 4.79 Å². The van der Waals surface area contributed by atoms with Crippen molar-refractivity contribution in [2.45, 2.75) is 12.3 Å². The Morgan fingerprint density at radius 3 is 2.44 bits per heavy atom. The molecular weight excluding hydrogens is 128 g/mol. The van der Waals surface area contributed by atoms with Crippen LogP contribution in [0.5, 0.6) is 0 Å². The van der Waals surface area contributed by atoms with Crippen molar-refractivity contribution in [1.82, 2.24) is 4.90 Å². The third-order valence-electron chi connectivity index (χ3n) is 1.35. The smallest absolute Gasteiger partial charge is 0.267 e. The van der Waals surface area contributed by atoms with E-state index < -0.39 is 12.5 Å². The lowest BCUT2D eigenvalue weighted by molar-refractivity contribution is -0.118. The lowest BCUT2D eigenvalue weighted by Crippen LogP contribution is -2.23. The van der Waals surface area contributed by atoms with Gasteiger partial charge in [-0.25, -0.2) is 8.78 Å². The van der Waals surface area contributed by atoms with Gasteiger partial charge in [0.2, 0.25) is 6.41 Å². The van der Waals surface area contributed by atoms with Gasteiger partial charge in [0.15, 0.2) is 0 Å². The van der Waals surface area contributed by atoms with Gasteiger partial charge in [-0.05, 0) is 0 Å². The Balaban J connectivity index is 2.47. The normalized spacial score (nSPS) is 24.4. The fourth-order valence-electron chi connectivity index (χ4n) is 0.852. The Morgan fingerprint density at radius 2 is 2.22 bits per heavy atom. The van der Waals surface area contributed by atoms with Gasteiger partial charge in [0.05, 0.1) is 6.54 Å². The topological polar surface area (TPSA) is 20.3 Å². The van der Waals surface area contributed by atoms with E-state index in [1.807, 2.05) is 0 Å². The average molecular weight is 135 g/mol. The van der Waals surface area contributed by atoms with Crippen LogP contribution in [0.3, 0.4) is 0 Å². The highest BCUT2D eigenvalue weighted by Crippen LogP contribution is 2.25. The van der Waals surface area contributed by atoms with Gasteiger partial charge in [0.1, 0.15) is 0 Å². The number of amides is 1. The molecule has 0 unspecified atom stereocenters. The molecule has 1 aliphatic rings. The predicted molar refractivity (Wildman–Crippen MR) is 27.2 cm³/mol. The van der Waals surface area contributed by atoms with Crippen LogP contribution >= 0.6 is 0 Å². The average Bonchev–Trinajstić information content (AvgIpc) is 2.10. The van der Waals surface area contributed by atoms with Gasteiger partial charge in [0, 0.05) is 13.0 Å². The first-order chi connectivity index (χ1) is 4.14. The van der Waals surface area contributed by atoms with Crippen LogP contribution in [0.1, 0.15) is 6.42 Å². The predicted octanol–water partition coefficient (Wildman–Crippen LogP) is 0.484. The third-order valence-corrected chi connectivity index (χ3v) is 1.35. The number of alkyl halides is 2. The monoisotopic (exact) mass is 135 g/mol. The van der Waals surface area contributed by atoms with Crippen molar-refractivity contribution in [2.24, 2.45) is 0 Å². The molecule has 0 saturated carbocycles. The van der Waals surface area contributed by atoms with Crippen LogP contribution in [0.2, 0.25) is 0 Å². The van der Waals surface area contributed by atoms with E-state index in [2.05, 4.69) is 0 Å². The molecule has 1 aliphatic heterocycles. The van der Waals surface area contributed by atoms with Crippen molar-refractivity contribution in [3.63, 3.8) is 0 Å². The zero-order valence-electron chi connectivity index (χ0n) is 4.81. The lowest BCUT2D eigenvalue weighted by atomic mass is 10.3. The van der Waals surface area contributed by atoms with Crippen LogP contribution in [0.15, 0.2) is 0 Å². The van der Waals surface area contributed by atoms with Gasteiger partial charge in [-0.1, -0.05) is 0 Å². The molecule has 1 heterocycles. The standard InChI is InChI=1S/C5H7F2NO/c6-5(7)1-2-8(3-5)4-9/h4H,1-3H2. The number of rotatable bonds is 1. The van der Waals surface area contributed by atoms with Gasteiger partial charge in [0.25, 0.3) is 5.92 Å². The molecule has 1 rings (SSSR count). The summed E-state index contributed by atoms with van der Waals surface area (Å²) in [6.07, 6.45) is 0.270. The molecular formula is C5H7F2NO. The van der Waals surface area contributed by atoms with E-state index in [1.54, 1.807) is 0 Å². The summed E-state index contributed by atoms with van der Waals surface area (Å²) in [6, 6.07) is 0. The molecule has 1 amide bonds. The molecule has 4 heteroatoms. The van der Waals surface area contributed by atoms with Crippen LogP contribution in [-0.4, -0.2) is 30.3 Å². The molecule has 0 aromatic rings. The van der Waals surface area contributed by atoms with Crippen molar-refractivity contribution in [3.05, 3.63) is 0 Å². The second kappa shape index (κ2) is 1.93. The summed E-state index contributed by atoms with van der Waals surface area (Å²) in [6.45, 7) is -0.215. The van der Waals surface area contributed by atoms with Crippen molar-refractivity contribution in [2.75, 3.05) is 13.1 Å². The van der Waals surface area contributed by atoms with E-state index in [9.17, 15) is 13.6 Å². The minimum atomic E-state index is -2.64. The molecule has 0 radical (unpaired) electrons. The van der Waals surface area contributed by atoms with Crippen molar-refractivity contribution in [1.29, 1.82) is 0 Å². The SMILES string of the molecule is O=CN1CCC(F)(F)C1. The van der Waals surface area contributed by atoms with Gasteiger partial charge in [-0.3, -0.25) is 4.79 Å². The molecule has 1 fully saturated rings. The van der Waals surface area contributed by atoms with E-state index in [-0.39, 0.29) is 13.0 Å². The molecule has 0 aromatic carbocycles. The Kier molecular flexibility index (Phi) is 1.38. The Hall–Kier alpha value is -0.670. The maximum absolute atomic E-state index is 12.2. The van der Waals surface area contributed by atoms with Gasteiger partial charge in [-0.2, -0.15) is 0 Å². The molecule has 0 N–H and O–H groups in total. The molecule has 0 aliphatic carbocycles. The summed E-state index contributed by atoms with van der Waals surface area (Å²) in [7, 11) is 0. The number of likely N-dealkylation sites (tertiary alicyclic amines) is 1. The summed E-state index contributed by atoms with van der Waals surface area (Å²) in [5.41, 5.74) is 0. The number of carbonyl (C=O) groups is 1. The fraction of sp³-hybridized carbons (Fsp3) is 0.800. The van der Waals surface area contributed by atoms with E-state index >= 15 is 0 Å². The van der Waals surface area contributed by atoms with Crippen molar-refractivity contribution < 1.29 is 13.6 Å². The number of hydrogen-bond acceptors (Lipinski definition) is 1. The second-order valence-corrected chi connectivity index (χ2v) is 2.18. The van der Waals surface area contributed by atoms with Gasteiger partial charge >= 0.3 is 0 Å². The minimum Gasteiger partial charge on any atom is -0.339 e. The quantitative estimate of drug-likeness (QED) is 0.479. The maximum atomic E-state index is 12.2. The first-order valence-corrected chi connectivity index (χ1v) is 2.71. The summed E-state index contributed by atoms with van der Waals surface area (Å²) >= 11 is 0. The summed E-state index contributed by atoms with van der Waals surface area (Å²) in [5, 5.41) is 0.